The normalized spacial score (nSPS) is 12.9. The first-order chi connectivity index (χ1) is 9.70. The number of fused-ring (bicyclic) bond motifs is 1. The fourth-order valence-electron chi connectivity index (χ4n) is 2.51. The number of nitrogens with one attached hydrogen (secondary N) is 1. The van der Waals surface area contributed by atoms with Gasteiger partial charge in [0, 0.05) is 34.2 Å². The average Bonchev–Trinajstić information content (AvgIpc) is 3.01. The Morgan fingerprint density at radius 2 is 2.15 bits per heavy atom. The van der Waals surface area contributed by atoms with Crippen molar-refractivity contribution in [3.8, 4) is 0 Å². The van der Waals surface area contributed by atoms with Crippen LogP contribution in [0.4, 0.5) is 0 Å². The van der Waals surface area contributed by atoms with E-state index in [0.717, 1.165) is 12.1 Å². The van der Waals surface area contributed by atoms with Gasteiger partial charge < -0.3 is 5.32 Å². The first-order valence-electron chi connectivity index (χ1n) is 6.51. The zero-order valence-corrected chi connectivity index (χ0v) is 13.8. The number of aryl methyl sites for hydroxylation is 1. The Labute approximate surface area is 130 Å². The topological polar surface area (TPSA) is 29.9 Å². The summed E-state index contributed by atoms with van der Waals surface area (Å²) in [5.74, 6) is 0. The molecule has 0 saturated heterocycles. The average molecular weight is 350 g/mol. The highest BCUT2D eigenvalue weighted by atomic mass is 79.9. The van der Waals surface area contributed by atoms with Crippen molar-refractivity contribution < 1.29 is 0 Å². The third-order valence-corrected chi connectivity index (χ3v) is 5.53. The van der Waals surface area contributed by atoms with E-state index in [0.29, 0.717) is 0 Å². The number of likely N-dealkylation sites (N-methyl/N-ethyl adjacent to an activating group) is 1. The highest BCUT2D eigenvalue weighted by molar-refractivity contribution is 9.10. The minimum absolute atomic E-state index is 0.280. The van der Waals surface area contributed by atoms with Crippen LogP contribution in [0.2, 0.25) is 0 Å². The van der Waals surface area contributed by atoms with Gasteiger partial charge in [-0.15, -0.1) is 11.3 Å². The molecular weight excluding hydrogens is 334 g/mol. The molecular formula is C15H16BrN3S. The van der Waals surface area contributed by atoms with Gasteiger partial charge in [0.2, 0.25) is 0 Å². The molecule has 0 aliphatic carbocycles. The van der Waals surface area contributed by atoms with Crippen LogP contribution in [-0.4, -0.2) is 16.8 Å². The van der Waals surface area contributed by atoms with Crippen molar-refractivity contribution in [2.75, 3.05) is 7.05 Å². The monoisotopic (exact) mass is 349 g/mol. The van der Waals surface area contributed by atoms with Gasteiger partial charge in [-0.05, 0) is 40.5 Å². The standard InChI is InChI=1S/C15H16BrN3S/c1-17-13(15-11(16)7-8-20-15)9-12-10-5-3-4-6-14(10)19(2)18-12/h3-8,13,17H,9H2,1-2H3. The maximum Gasteiger partial charge on any atom is 0.0722 e. The van der Waals surface area contributed by atoms with Gasteiger partial charge in [-0.3, -0.25) is 4.68 Å². The van der Waals surface area contributed by atoms with E-state index in [1.165, 1.54) is 20.3 Å². The second-order valence-electron chi connectivity index (χ2n) is 4.77. The van der Waals surface area contributed by atoms with Crippen LogP contribution < -0.4 is 5.32 Å². The van der Waals surface area contributed by atoms with Gasteiger partial charge in [-0.1, -0.05) is 18.2 Å². The number of para-hydroxylation sites is 1. The molecule has 0 aliphatic rings. The molecule has 0 aliphatic heterocycles. The van der Waals surface area contributed by atoms with Crippen LogP contribution in [0.25, 0.3) is 10.9 Å². The smallest absolute Gasteiger partial charge is 0.0722 e. The predicted octanol–water partition coefficient (Wildman–Crippen LogP) is 3.90. The molecule has 0 fully saturated rings. The minimum Gasteiger partial charge on any atom is -0.312 e. The molecule has 5 heteroatoms. The fraction of sp³-hybridized carbons (Fsp3) is 0.267. The Balaban J connectivity index is 1.98. The van der Waals surface area contributed by atoms with E-state index in [2.05, 4.69) is 62.1 Å². The van der Waals surface area contributed by atoms with E-state index in [-0.39, 0.29) is 6.04 Å². The molecule has 104 valence electrons. The van der Waals surface area contributed by atoms with Crippen LogP contribution in [0.1, 0.15) is 16.6 Å². The van der Waals surface area contributed by atoms with E-state index in [4.69, 9.17) is 0 Å². The van der Waals surface area contributed by atoms with Crippen molar-refractivity contribution in [1.29, 1.82) is 0 Å². The molecule has 0 radical (unpaired) electrons. The van der Waals surface area contributed by atoms with E-state index < -0.39 is 0 Å². The van der Waals surface area contributed by atoms with E-state index in [9.17, 15) is 0 Å². The SMILES string of the molecule is CNC(Cc1nn(C)c2ccccc12)c1sccc1Br. The first kappa shape index (κ1) is 13.8. The third kappa shape index (κ3) is 2.41. The molecule has 2 heterocycles. The Morgan fingerprint density at radius 3 is 2.85 bits per heavy atom. The third-order valence-electron chi connectivity index (χ3n) is 3.54. The van der Waals surface area contributed by atoms with Gasteiger partial charge in [0.15, 0.2) is 0 Å². The molecule has 3 aromatic rings. The summed E-state index contributed by atoms with van der Waals surface area (Å²) in [6.07, 6.45) is 0.886. The summed E-state index contributed by atoms with van der Waals surface area (Å²) in [7, 11) is 4.00. The molecule has 0 spiro atoms. The zero-order valence-electron chi connectivity index (χ0n) is 11.4. The lowest BCUT2D eigenvalue weighted by Crippen LogP contribution is -2.18. The van der Waals surface area contributed by atoms with E-state index in [1.807, 2.05) is 18.8 Å². The lowest BCUT2D eigenvalue weighted by atomic mass is 10.1. The summed E-state index contributed by atoms with van der Waals surface area (Å²) in [6, 6.07) is 10.8. The van der Waals surface area contributed by atoms with Gasteiger partial charge >= 0.3 is 0 Å². The van der Waals surface area contributed by atoms with Gasteiger partial charge in [0.25, 0.3) is 0 Å². The number of thiophene rings is 1. The number of rotatable bonds is 4. The molecule has 1 atom stereocenters. The number of halogens is 1. The summed E-state index contributed by atoms with van der Waals surface area (Å²) >= 11 is 5.39. The Kier molecular flexibility index (Phi) is 3.92. The lowest BCUT2D eigenvalue weighted by Gasteiger charge is -2.14. The highest BCUT2D eigenvalue weighted by Gasteiger charge is 2.18. The molecule has 0 bridgehead atoms. The molecule has 3 rings (SSSR count). The van der Waals surface area contributed by atoms with Gasteiger partial charge in [-0.2, -0.15) is 5.10 Å². The van der Waals surface area contributed by atoms with Gasteiger partial charge in [0.1, 0.15) is 0 Å². The summed E-state index contributed by atoms with van der Waals surface area (Å²) in [6.45, 7) is 0. The van der Waals surface area contributed by atoms with Crippen LogP contribution in [0.3, 0.4) is 0 Å². The summed E-state index contributed by atoms with van der Waals surface area (Å²) < 4.78 is 3.13. The Morgan fingerprint density at radius 1 is 1.35 bits per heavy atom. The van der Waals surface area contributed by atoms with Crippen molar-refractivity contribution >= 4 is 38.2 Å². The summed E-state index contributed by atoms with van der Waals surface area (Å²) in [5.41, 5.74) is 2.32. The van der Waals surface area contributed by atoms with Crippen molar-refractivity contribution in [3.05, 3.63) is 50.8 Å². The van der Waals surface area contributed by atoms with Gasteiger partial charge in [0.05, 0.1) is 11.2 Å². The van der Waals surface area contributed by atoms with Crippen molar-refractivity contribution in [1.82, 2.24) is 15.1 Å². The first-order valence-corrected chi connectivity index (χ1v) is 8.18. The molecule has 0 amide bonds. The minimum atomic E-state index is 0.280. The number of hydrogen-bond acceptors (Lipinski definition) is 3. The van der Waals surface area contributed by atoms with Crippen LogP contribution in [0, 0.1) is 0 Å². The molecule has 1 aromatic carbocycles. The molecule has 0 saturated carbocycles. The summed E-state index contributed by atoms with van der Waals surface area (Å²) in [4.78, 5) is 1.32. The molecule has 1 unspecified atom stereocenters. The quantitative estimate of drug-likeness (QED) is 0.773. The van der Waals surface area contributed by atoms with Crippen LogP contribution in [0.15, 0.2) is 40.2 Å². The van der Waals surface area contributed by atoms with E-state index in [1.54, 1.807) is 11.3 Å². The Bertz CT molecular complexity index is 732. The molecule has 1 N–H and O–H groups in total. The van der Waals surface area contributed by atoms with Crippen LogP contribution in [-0.2, 0) is 13.5 Å². The lowest BCUT2D eigenvalue weighted by molar-refractivity contribution is 0.587. The highest BCUT2D eigenvalue weighted by Crippen LogP contribution is 2.32. The van der Waals surface area contributed by atoms with Crippen molar-refractivity contribution in [2.45, 2.75) is 12.5 Å². The van der Waals surface area contributed by atoms with Gasteiger partial charge in [-0.25, -0.2) is 0 Å². The fourth-order valence-corrected chi connectivity index (χ4v) is 4.27. The number of benzene rings is 1. The Hall–Kier alpha value is -1.17. The molecule has 2 aromatic heterocycles. The number of aromatic nitrogens is 2. The maximum atomic E-state index is 4.68. The van der Waals surface area contributed by atoms with Crippen molar-refractivity contribution in [3.63, 3.8) is 0 Å². The number of nitrogens with zero attached hydrogens (tertiary/aromatic N) is 2. The summed E-state index contributed by atoms with van der Waals surface area (Å²) in [5, 5.41) is 11.4. The molecule has 3 nitrogen and oxygen atoms in total. The molecule has 20 heavy (non-hydrogen) atoms. The maximum absolute atomic E-state index is 4.68. The number of hydrogen-bond donors (Lipinski definition) is 1. The van der Waals surface area contributed by atoms with E-state index >= 15 is 0 Å². The largest absolute Gasteiger partial charge is 0.312 e. The van der Waals surface area contributed by atoms with Crippen LogP contribution >= 0.6 is 27.3 Å². The van der Waals surface area contributed by atoms with Crippen LogP contribution in [0.5, 0.6) is 0 Å². The predicted molar refractivity (Wildman–Crippen MR) is 88.2 cm³/mol. The zero-order chi connectivity index (χ0) is 14.1. The second-order valence-corrected chi connectivity index (χ2v) is 6.57. The second kappa shape index (κ2) is 5.68. The van der Waals surface area contributed by atoms with Crippen molar-refractivity contribution in [2.24, 2.45) is 7.05 Å².